The van der Waals surface area contributed by atoms with Gasteiger partial charge in [-0.2, -0.15) is 0 Å². The molecule has 114 valence electrons. The molecule has 0 unspecified atom stereocenters. The van der Waals surface area contributed by atoms with Gasteiger partial charge in [0.25, 0.3) is 0 Å². The van der Waals surface area contributed by atoms with Crippen molar-refractivity contribution in [2.24, 2.45) is 11.8 Å². The molecule has 2 bridgehead atoms. The van der Waals surface area contributed by atoms with Crippen LogP contribution >= 0.6 is 0 Å². The first-order valence-corrected chi connectivity index (χ1v) is 8.28. The first-order valence-electron chi connectivity index (χ1n) is 8.28. The monoisotopic (exact) mass is 294 g/mol. The highest BCUT2D eigenvalue weighted by Gasteiger charge is 2.41. The van der Waals surface area contributed by atoms with Crippen molar-refractivity contribution in [1.29, 1.82) is 0 Å². The predicted molar refractivity (Wildman–Crippen MR) is 88.1 cm³/mol. The molecule has 4 rings (SSSR count). The maximum atomic E-state index is 6.36. The highest BCUT2D eigenvalue weighted by Crippen LogP contribution is 2.38. The summed E-state index contributed by atoms with van der Waals surface area (Å²) in [7, 11) is 0. The Hall–Kier alpha value is -2.03. The van der Waals surface area contributed by atoms with Crippen LogP contribution in [-0.2, 0) is 0 Å². The summed E-state index contributed by atoms with van der Waals surface area (Å²) in [6.45, 7) is 2.12. The van der Waals surface area contributed by atoms with Crippen LogP contribution in [0.5, 0.6) is 5.75 Å². The lowest BCUT2D eigenvalue weighted by molar-refractivity contribution is 0.0258. The minimum atomic E-state index is 0.358. The SMILES string of the molecule is c1ccc(O[C@H]2[C@@H]3CCC[C@H]2CN(c2ccccn2)C3)cc1. The quantitative estimate of drug-likeness (QED) is 0.861. The van der Waals surface area contributed by atoms with Crippen LogP contribution < -0.4 is 9.64 Å². The van der Waals surface area contributed by atoms with Gasteiger partial charge in [0.15, 0.2) is 0 Å². The molecule has 3 atom stereocenters. The van der Waals surface area contributed by atoms with Crippen molar-refractivity contribution in [2.45, 2.75) is 25.4 Å². The number of rotatable bonds is 3. The minimum absolute atomic E-state index is 0.358. The van der Waals surface area contributed by atoms with Gasteiger partial charge in [-0.1, -0.05) is 30.7 Å². The number of piperidine rings is 1. The van der Waals surface area contributed by atoms with E-state index in [9.17, 15) is 0 Å². The van der Waals surface area contributed by atoms with Crippen LogP contribution in [0.2, 0.25) is 0 Å². The van der Waals surface area contributed by atoms with Gasteiger partial charge in [-0.15, -0.1) is 0 Å². The number of hydrogen-bond acceptors (Lipinski definition) is 3. The molecule has 22 heavy (non-hydrogen) atoms. The van der Waals surface area contributed by atoms with E-state index in [1.54, 1.807) is 0 Å². The molecule has 1 aromatic heterocycles. The van der Waals surface area contributed by atoms with E-state index in [4.69, 9.17) is 4.74 Å². The molecule has 0 N–H and O–H groups in total. The van der Waals surface area contributed by atoms with E-state index in [1.807, 2.05) is 30.5 Å². The maximum Gasteiger partial charge on any atom is 0.128 e. The molecule has 2 aromatic rings. The zero-order chi connectivity index (χ0) is 14.8. The van der Waals surface area contributed by atoms with Crippen LogP contribution in [0, 0.1) is 11.8 Å². The fraction of sp³-hybridized carbons (Fsp3) is 0.421. The van der Waals surface area contributed by atoms with Crippen molar-refractivity contribution in [1.82, 2.24) is 4.98 Å². The number of para-hydroxylation sites is 1. The van der Waals surface area contributed by atoms with E-state index >= 15 is 0 Å². The Labute approximate surface area is 131 Å². The van der Waals surface area contributed by atoms with Gasteiger partial charge >= 0.3 is 0 Å². The van der Waals surface area contributed by atoms with Crippen LogP contribution in [0.3, 0.4) is 0 Å². The zero-order valence-electron chi connectivity index (χ0n) is 12.8. The molecule has 2 aliphatic rings. The van der Waals surface area contributed by atoms with Crippen LogP contribution in [0.4, 0.5) is 5.82 Å². The highest BCUT2D eigenvalue weighted by molar-refractivity contribution is 5.39. The number of aromatic nitrogens is 1. The Morgan fingerprint density at radius 3 is 2.32 bits per heavy atom. The first-order chi connectivity index (χ1) is 10.9. The van der Waals surface area contributed by atoms with Crippen molar-refractivity contribution < 1.29 is 4.74 Å². The number of hydrogen-bond donors (Lipinski definition) is 0. The molecular weight excluding hydrogens is 272 g/mol. The molecule has 3 nitrogen and oxygen atoms in total. The summed E-state index contributed by atoms with van der Waals surface area (Å²) in [6, 6.07) is 16.5. The van der Waals surface area contributed by atoms with Crippen LogP contribution in [0.15, 0.2) is 54.7 Å². The number of anilines is 1. The Morgan fingerprint density at radius 2 is 1.64 bits per heavy atom. The van der Waals surface area contributed by atoms with Gasteiger partial charge in [0.2, 0.25) is 0 Å². The van der Waals surface area contributed by atoms with Crippen molar-refractivity contribution in [2.75, 3.05) is 18.0 Å². The normalized spacial score (nSPS) is 27.5. The number of nitrogens with zero attached hydrogens (tertiary/aromatic N) is 2. The first kappa shape index (κ1) is 13.6. The highest BCUT2D eigenvalue weighted by atomic mass is 16.5. The second-order valence-corrected chi connectivity index (χ2v) is 6.44. The van der Waals surface area contributed by atoms with E-state index in [1.165, 1.54) is 19.3 Å². The van der Waals surface area contributed by atoms with E-state index in [2.05, 4.69) is 34.1 Å². The summed E-state index contributed by atoms with van der Waals surface area (Å²) in [5, 5.41) is 0. The molecular formula is C19H22N2O. The molecule has 0 radical (unpaired) electrons. The van der Waals surface area contributed by atoms with Gasteiger partial charge in [-0.3, -0.25) is 0 Å². The molecule has 0 amide bonds. The van der Waals surface area contributed by atoms with E-state index in [0.717, 1.165) is 24.7 Å². The summed E-state index contributed by atoms with van der Waals surface area (Å²) < 4.78 is 6.36. The molecule has 3 heteroatoms. The van der Waals surface area contributed by atoms with Gasteiger partial charge in [0, 0.05) is 31.1 Å². The Kier molecular flexibility index (Phi) is 3.71. The third kappa shape index (κ3) is 2.68. The van der Waals surface area contributed by atoms with Gasteiger partial charge in [-0.05, 0) is 37.1 Å². The standard InChI is InChI=1S/C19H22N2O/c1-2-9-17(10-3-1)22-19-15-7-6-8-16(19)14-21(13-15)18-11-4-5-12-20-18/h1-5,9-12,15-16,19H,6-8,13-14H2/t15-,16+,19+. The molecule has 1 aromatic carbocycles. The second-order valence-electron chi connectivity index (χ2n) is 6.44. The molecule has 1 saturated carbocycles. The fourth-order valence-corrected chi connectivity index (χ4v) is 3.96. The summed E-state index contributed by atoms with van der Waals surface area (Å²) in [4.78, 5) is 6.97. The van der Waals surface area contributed by atoms with Gasteiger partial charge in [-0.25, -0.2) is 4.98 Å². The number of pyridine rings is 1. The number of benzene rings is 1. The summed E-state index contributed by atoms with van der Waals surface area (Å²) in [5.41, 5.74) is 0. The fourth-order valence-electron chi connectivity index (χ4n) is 3.96. The van der Waals surface area contributed by atoms with Crippen LogP contribution in [0.25, 0.3) is 0 Å². The van der Waals surface area contributed by atoms with Crippen molar-refractivity contribution in [3.05, 3.63) is 54.7 Å². The smallest absolute Gasteiger partial charge is 0.128 e. The summed E-state index contributed by atoms with van der Waals surface area (Å²) in [5.74, 6) is 3.33. The molecule has 1 aliphatic heterocycles. The summed E-state index contributed by atoms with van der Waals surface area (Å²) in [6.07, 6.45) is 6.10. The molecule has 0 spiro atoms. The minimum Gasteiger partial charge on any atom is -0.490 e. The lowest BCUT2D eigenvalue weighted by Crippen LogP contribution is -2.54. The third-order valence-electron chi connectivity index (χ3n) is 4.98. The Bertz CT molecular complexity index is 587. The average molecular weight is 294 g/mol. The lowest BCUT2D eigenvalue weighted by atomic mass is 9.75. The van der Waals surface area contributed by atoms with Crippen molar-refractivity contribution in [3.63, 3.8) is 0 Å². The molecule has 2 heterocycles. The molecule has 1 aliphatic carbocycles. The van der Waals surface area contributed by atoms with Crippen molar-refractivity contribution >= 4 is 5.82 Å². The lowest BCUT2D eigenvalue weighted by Gasteiger charge is -2.47. The van der Waals surface area contributed by atoms with Gasteiger partial charge in [0.1, 0.15) is 17.7 Å². The van der Waals surface area contributed by atoms with E-state index < -0.39 is 0 Å². The number of fused-ring (bicyclic) bond motifs is 2. The second kappa shape index (κ2) is 5.99. The zero-order valence-corrected chi connectivity index (χ0v) is 12.8. The van der Waals surface area contributed by atoms with Gasteiger partial charge < -0.3 is 9.64 Å². The summed E-state index contributed by atoms with van der Waals surface area (Å²) >= 11 is 0. The van der Waals surface area contributed by atoms with Crippen LogP contribution in [-0.4, -0.2) is 24.2 Å². The molecule has 2 fully saturated rings. The van der Waals surface area contributed by atoms with Crippen LogP contribution in [0.1, 0.15) is 19.3 Å². The van der Waals surface area contributed by atoms with Gasteiger partial charge in [0.05, 0.1) is 0 Å². The van der Waals surface area contributed by atoms with E-state index in [0.29, 0.717) is 17.9 Å². The Morgan fingerprint density at radius 1 is 0.909 bits per heavy atom. The average Bonchev–Trinajstić information content (AvgIpc) is 2.56. The topological polar surface area (TPSA) is 25.4 Å². The van der Waals surface area contributed by atoms with E-state index in [-0.39, 0.29) is 0 Å². The third-order valence-corrected chi connectivity index (χ3v) is 4.98. The van der Waals surface area contributed by atoms with Crippen molar-refractivity contribution in [3.8, 4) is 5.75 Å². The maximum absolute atomic E-state index is 6.36. The Balaban J connectivity index is 1.52. The number of ether oxygens (including phenoxy) is 1. The predicted octanol–water partition coefficient (Wildman–Crippen LogP) is 3.77. The molecule has 1 saturated heterocycles. The largest absolute Gasteiger partial charge is 0.490 e.